The van der Waals surface area contributed by atoms with E-state index in [2.05, 4.69) is 15.0 Å². The molecule has 0 aromatic carbocycles. The molecule has 7 nitrogen and oxygen atoms in total. The second-order valence-corrected chi connectivity index (χ2v) is 5.61. The van der Waals surface area contributed by atoms with E-state index >= 15 is 0 Å². The Hall–Kier alpha value is -2.70. The van der Waals surface area contributed by atoms with Crippen LogP contribution < -0.4 is 11.3 Å². The van der Waals surface area contributed by atoms with Crippen molar-refractivity contribution < 1.29 is 9.53 Å². The van der Waals surface area contributed by atoms with E-state index in [9.17, 15) is 9.59 Å². The first-order chi connectivity index (χ1) is 11.1. The maximum absolute atomic E-state index is 12.2. The monoisotopic (exact) mass is 314 g/mol. The quantitative estimate of drug-likeness (QED) is 0.640. The van der Waals surface area contributed by atoms with Gasteiger partial charge in [-0.2, -0.15) is 0 Å². The van der Waals surface area contributed by atoms with Gasteiger partial charge >= 0.3 is 5.97 Å². The molecule has 1 aliphatic carbocycles. The summed E-state index contributed by atoms with van der Waals surface area (Å²) < 4.78 is 4.74. The lowest BCUT2D eigenvalue weighted by Crippen LogP contribution is -2.21. The average Bonchev–Trinajstić information content (AvgIpc) is 2.77. The van der Waals surface area contributed by atoms with Crippen molar-refractivity contribution in [1.82, 2.24) is 15.0 Å². The first-order valence-electron chi connectivity index (χ1n) is 7.52. The minimum absolute atomic E-state index is 0.103. The average molecular weight is 314 g/mol. The van der Waals surface area contributed by atoms with Crippen LogP contribution in [0.2, 0.25) is 0 Å². The Morgan fingerprint density at radius 3 is 3.00 bits per heavy atom. The first-order valence-corrected chi connectivity index (χ1v) is 7.52. The molecule has 2 heterocycles. The minimum atomic E-state index is -0.438. The summed E-state index contributed by atoms with van der Waals surface area (Å²) >= 11 is 0. The number of fused-ring (bicyclic) bond motifs is 1. The third kappa shape index (κ3) is 2.94. The van der Waals surface area contributed by atoms with Gasteiger partial charge in [0.25, 0.3) is 5.56 Å². The normalized spacial score (nSPS) is 17.2. The number of aromatic amines is 1. The molecule has 0 aliphatic heterocycles. The number of nitrogen functional groups attached to an aromatic ring is 1. The summed E-state index contributed by atoms with van der Waals surface area (Å²) in [5, 5.41) is 0. The molecule has 0 fully saturated rings. The van der Waals surface area contributed by atoms with Crippen molar-refractivity contribution in [2.75, 3.05) is 12.8 Å². The number of esters is 1. The highest BCUT2D eigenvalue weighted by atomic mass is 16.5. The molecule has 0 radical (unpaired) electrons. The van der Waals surface area contributed by atoms with Crippen LogP contribution in [0.15, 0.2) is 23.3 Å². The molecule has 1 unspecified atom stereocenters. The number of nitrogens with zero attached hydrogens (tertiary/aromatic N) is 2. The van der Waals surface area contributed by atoms with Crippen LogP contribution in [0.4, 0.5) is 5.95 Å². The van der Waals surface area contributed by atoms with E-state index in [0.717, 1.165) is 24.8 Å². The summed E-state index contributed by atoms with van der Waals surface area (Å²) in [4.78, 5) is 34.9. The van der Waals surface area contributed by atoms with Crippen LogP contribution in [0.3, 0.4) is 0 Å². The summed E-state index contributed by atoms with van der Waals surface area (Å²) in [6.07, 6.45) is 6.55. The van der Waals surface area contributed by atoms with Crippen molar-refractivity contribution in [2.45, 2.75) is 31.6 Å². The van der Waals surface area contributed by atoms with Crippen LogP contribution >= 0.6 is 0 Å². The molecule has 3 rings (SSSR count). The number of H-pyrrole nitrogens is 1. The lowest BCUT2D eigenvalue weighted by atomic mass is 9.91. The van der Waals surface area contributed by atoms with Crippen molar-refractivity contribution in [3.63, 3.8) is 0 Å². The van der Waals surface area contributed by atoms with Crippen LogP contribution in [0, 0.1) is 0 Å². The molecule has 2 aromatic heterocycles. The lowest BCUT2D eigenvalue weighted by molar-refractivity contribution is 0.0600. The Morgan fingerprint density at radius 1 is 1.39 bits per heavy atom. The van der Waals surface area contributed by atoms with Gasteiger partial charge in [0, 0.05) is 23.9 Å². The van der Waals surface area contributed by atoms with Crippen LogP contribution in [0.25, 0.3) is 0 Å². The zero-order chi connectivity index (χ0) is 16.4. The summed E-state index contributed by atoms with van der Waals surface area (Å²) in [5.41, 5.74) is 8.12. The van der Waals surface area contributed by atoms with E-state index < -0.39 is 5.97 Å². The van der Waals surface area contributed by atoms with Gasteiger partial charge in [0.05, 0.1) is 18.4 Å². The predicted octanol–water partition coefficient (Wildman–Crippen LogP) is 1.39. The largest absolute Gasteiger partial charge is 0.465 e. The van der Waals surface area contributed by atoms with Gasteiger partial charge in [-0.3, -0.25) is 14.8 Å². The van der Waals surface area contributed by atoms with Gasteiger partial charge in [0.1, 0.15) is 0 Å². The van der Waals surface area contributed by atoms with E-state index in [4.69, 9.17) is 10.5 Å². The van der Waals surface area contributed by atoms with Crippen molar-refractivity contribution in [3.05, 3.63) is 51.2 Å². The van der Waals surface area contributed by atoms with Gasteiger partial charge in [-0.1, -0.05) is 6.42 Å². The molecule has 2 aromatic rings. The fourth-order valence-corrected chi connectivity index (χ4v) is 3.05. The van der Waals surface area contributed by atoms with Gasteiger partial charge in [0.15, 0.2) is 0 Å². The number of carbonyl (C=O) groups is 1. The summed E-state index contributed by atoms with van der Waals surface area (Å²) in [6, 6.07) is 1.75. The summed E-state index contributed by atoms with van der Waals surface area (Å²) in [7, 11) is 1.33. The first kappa shape index (κ1) is 15.2. The Balaban J connectivity index is 2.11. The van der Waals surface area contributed by atoms with Crippen molar-refractivity contribution >= 4 is 11.9 Å². The van der Waals surface area contributed by atoms with Gasteiger partial charge in [0.2, 0.25) is 5.95 Å². The number of methoxy groups -OCH3 is 1. The molecule has 0 bridgehead atoms. The molecule has 7 heteroatoms. The molecule has 23 heavy (non-hydrogen) atoms. The molecule has 1 atom stereocenters. The molecule has 0 saturated heterocycles. The van der Waals surface area contributed by atoms with Gasteiger partial charge in [-0.15, -0.1) is 0 Å². The standard InChI is InChI=1S/C16H18N4O3/c1-23-15(22)10-6-9(7-18-8-10)11-4-2-3-5-12-13(11)19-16(17)20-14(12)21/h6-8,11H,2-5H2,1H3,(H3,17,19,20,21). The zero-order valence-corrected chi connectivity index (χ0v) is 12.8. The van der Waals surface area contributed by atoms with Gasteiger partial charge < -0.3 is 10.5 Å². The molecular formula is C16H18N4O3. The third-order valence-corrected chi connectivity index (χ3v) is 4.15. The Kier molecular flexibility index (Phi) is 4.10. The second-order valence-electron chi connectivity index (χ2n) is 5.61. The molecule has 0 saturated carbocycles. The van der Waals surface area contributed by atoms with Crippen molar-refractivity contribution in [2.24, 2.45) is 0 Å². The maximum atomic E-state index is 12.2. The molecule has 120 valence electrons. The minimum Gasteiger partial charge on any atom is -0.465 e. The van der Waals surface area contributed by atoms with Crippen LogP contribution in [0.1, 0.15) is 52.4 Å². The number of carbonyl (C=O) groups excluding carboxylic acids is 1. The Bertz CT molecular complexity index is 800. The van der Waals surface area contributed by atoms with Crippen molar-refractivity contribution in [1.29, 1.82) is 0 Å². The Labute approximate surface area is 132 Å². The summed E-state index contributed by atoms with van der Waals surface area (Å²) in [5.74, 6) is -0.432. The number of rotatable bonds is 2. The molecule has 0 spiro atoms. The highest BCUT2D eigenvalue weighted by Crippen LogP contribution is 2.33. The van der Waals surface area contributed by atoms with E-state index in [1.165, 1.54) is 13.3 Å². The number of ether oxygens (including phenoxy) is 1. The number of hydrogen-bond acceptors (Lipinski definition) is 6. The van der Waals surface area contributed by atoms with E-state index in [-0.39, 0.29) is 17.4 Å². The Morgan fingerprint density at radius 2 is 2.22 bits per heavy atom. The fraction of sp³-hybridized carbons (Fsp3) is 0.375. The topological polar surface area (TPSA) is 111 Å². The third-order valence-electron chi connectivity index (χ3n) is 4.15. The highest BCUT2D eigenvalue weighted by molar-refractivity contribution is 5.89. The number of aromatic nitrogens is 3. The lowest BCUT2D eigenvalue weighted by Gasteiger charge is -2.17. The predicted molar refractivity (Wildman–Crippen MR) is 84.2 cm³/mol. The second kappa shape index (κ2) is 6.20. The molecule has 3 N–H and O–H groups in total. The van der Waals surface area contributed by atoms with Crippen molar-refractivity contribution in [3.8, 4) is 0 Å². The van der Waals surface area contributed by atoms with Gasteiger partial charge in [-0.25, -0.2) is 9.78 Å². The molecule has 0 amide bonds. The number of nitrogens with one attached hydrogen (secondary N) is 1. The van der Waals surface area contributed by atoms with Crippen LogP contribution in [-0.4, -0.2) is 28.0 Å². The number of pyridine rings is 1. The SMILES string of the molecule is COC(=O)c1cncc(C2CCCCc3c2nc(N)[nH]c3=O)c1. The maximum Gasteiger partial charge on any atom is 0.339 e. The smallest absolute Gasteiger partial charge is 0.339 e. The molecule has 1 aliphatic rings. The molecular weight excluding hydrogens is 296 g/mol. The van der Waals surface area contributed by atoms with Crippen LogP contribution in [0.5, 0.6) is 0 Å². The van der Waals surface area contributed by atoms with Gasteiger partial charge in [-0.05, 0) is 30.9 Å². The highest BCUT2D eigenvalue weighted by Gasteiger charge is 2.25. The zero-order valence-electron chi connectivity index (χ0n) is 12.8. The summed E-state index contributed by atoms with van der Waals surface area (Å²) in [6.45, 7) is 0. The van der Waals surface area contributed by atoms with E-state index in [0.29, 0.717) is 23.2 Å². The van der Waals surface area contributed by atoms with E-state index in [1.807, 2.05) is 0 Å². The number of anilines is 1. The number of nitrogens with two attached hydrogens (primary N) is 1. The fourth-order valence-electron chi connectivity index (χ4n) is 3.05. The van der Waals surface area contributed by atoms with E-state index in [1.54, 1.807) is 12.3 Å². The van der Waals surface area contributed by atoms with Crippen LogP contribution in [-0.2, 0) is 11.2 Å². The number of hydrogen-bond donors (Lipinski definition) is 2.